The van der Waals surface area contributed by atoms with E-state index < -0.39 is 0 Å². The Hall–Kier alpha value is -1.33. The maximum atomic E-state index is 11.7. The predicted octanol–water partition coefficient (Wildman–Crippen LogP) is 3.86. The maximum Gasteiger partial charge on any atom is 0.172 e. The van der Waals surface area contributed by atoms with Gasteiger partial charge >= 0.3 is 0 Å². The summed E-state index contributed by atoms with van der Waals surface area (Å²) >= 11 is 3.33. The van der Waals surface area contributed by atoms with Crippen LogP contribution < -0.4 is 0 Å². The van der Waals surface area contributed by atoms with Crippen LogP contribution in [0.25, 0.3) is 16.7 Å². The van der Waals surface area contributed by atoms with Crippen LogP contribution >= 0.6 is 23.1 Å². The molecule has 0 aromatic carbocycles. The van der Waals surface area contributed by atoms with E-state index in [0.717, 1.165) is 27.3 Å². The largest absolute Gasteiger partial charge is 0.298 e. The number of thioether (sulfide) groups is 1. The lowest BCUT2D eigenvalue weighted by molar-refractivity contribution is 0.102. The molecule has 3 rings (SSSR count). The van der Waals surface area contributed by atoms with E-state index in [9.17, 15) is 4.79 Å². The molecule has 0 aliphatic heterocycles. The first-order valence-corrected chi connectivity index (χ1v) is 7.56. The summed E-state index contributed by atoms with van der Waals surface area (Å²) < 4.78 is 3.24. The van der Waals surface area contributed by atoms with Gasteiger partial charge in [-0.05, 0) is 17.9 Å². The highest BCUT2D eigenvalue weighted by molar-refractivity contribution is 8.01. The number of thiophene rings is 1. The van der Waals surface area contributed by atoms with Crippen molar-refractivity contribution >= 4 is 45.6 Å². The third kappa shape index (κ3) is 1.66. The Morgan fingerprint density at radius 1 is 1.50 bits per heavy atom. The Bertz CT molecular complexity index is 742. The lowest BCUT2D eigenvalue weighted by Crippen LogP contribution is -1.86. The van der Waals surface area contributed by atoms with Gasteiger partial charge in [0, 0.05) is 13.1 Å². The normalized spacial score (nSPS) is 11.4. The zero-order valence-corrected chi connectivity index (χ0v) is 11.8. The summed E-state index contributed by atoms with van der Waals surface area (Å²) in [6.45, 7) is 3.72. The van der Waals surface area contributed by atoms with Gasteiger partial charge in [-0.3, -0.25) is 9.20 Å². The molecule has 3 aromatic rings. The van der Waals surface area contributed by atoms with Gasteiger partial charge in [-0.2, -0.15) is 0 Å². The predicted molar refractivity (Wildman–Crippen MR) is 77.0 cm³/mol. The summed E-state index contributed by atoms with van der Waals surface area (Å²) in [5.41, 5.74) is 2.82. The quantitative estimate of drug-likeness (QED) is 0.538. The summed E-state index contributed by atoms with van der Waals surface area (Å²) in [6, 6.07) is 5.92. The molecular formula is C13H12N2OS2. The van der Waals surface area contributed by atoms with Crippen molar-refractivity contribution in [1.82, 2.24) is 9.38 Å². The molecule has 0 atom stereocenters. The van der Waals surface area contributed by atoms with Gasteiger partial charge in [0.15, 0.2) is 5.78 Å². The van der Waals surface area contributed by atoms with E-state index in [1.165, 1.54) is 4.21 Å². The molecule has 0 saturated carbocycles. The average Bonchev–Trinajstić information content (AvgIpc) is 2.87. The van der Waals surface area contributed by atoms with Crippen LogP contribution in [-0.4, -0.2) is 20.9 Å². The smallest absolute Gasteiger partial charge is 0.172 e. The molecular weight excluding hydrogens is 264 g/mol. The number of hydrogen-bond acceptors (Lipinski definition) is 4. The minimum absolute atomic E-state index is 0.0939. The van der Waals surface area contributed by atoms with Crippen LogP contribution in [0.15, 0.2) is 28.6 Å². The second-order valence-corrected chi connectivity index (χ2v) is 6.50. The topological polar surface area (TPSA) is 34.4 Å². The highest BCUT2D eigenvalue weighted by Gasteiger charge is 2.19. The van der Waals surface area contributed by atoms with Crippen LogP contribution in [0, 0.1) is 0 Å². The van der Waals surface area contributed by atoms with E-state index in [4.69, 9.17) is 0 Å². The van der Waals surface area contributed by atoms with Gasteiger partial charge in [0.2, 0.25) is 0 Å². The number of ketones is 1. The van der Waals surface area contributed by atoms with Crippen molar-refractivity contribution in [2.75, 3.05) is 5.75 Å². The van der Waals surface area contributed by atoms with E-state index in [2.05, 4.69) is 16.3 Å². The molecule has 0 spiro atoms. The summed E-state index contributed by atoms with van der Waals surface area (Å²) in [7, 11) is 0. The number of carbonyl (C=O) groups is 1. The van der Waals surface area contributed by atoms with Gasteiger partial charge in [0.1, 0.15) is 11.2 Å². The van der Waals surface area contributed by atoms with Gasteiger partial charge in [0.25, 0.3) is 0 Å². The zero-order valence-electron chi connectivity index (χ0n) is 10.1. The van der Waals surface area contributed by atoms with Gasteiger partial charge in [-0.25, -0.2) is 4.98 Å². The number of fused-ring (bicyclic) bond motifs is 3. The average molecular weight is 276 g/mol. The second-order valence-electron chi connectivity index (χ2n) is 3.95. The van der Waals surface area contributed by atoms with Crippen LogP contribution in [0.3, 0.4) is 0 Å². The minimum Gasteiger partial charge on any atom is -0.298 e. The van der Waals surface area contributed by atoms with Gasteiger partial charge in [0.05, 0.1) is 14.6 Å². The molecule has 0 fully saturated rings. The fraction of sp³-hybridized carbons (Fsp3) is 0.231. The first kappa shape index (κ1) is 11.7. The monoisotopic (exact) mass is 276 g/mol. The van der Waals surface area contributed by atoms with Gasteiger partial charge in [-0.1, -0.05) is 13.0 Å². The number of imidazole rings is 1. The van der Waals surface area contributed by atoms with Crippen LogP contribution in [0.4, 0.5) is 0 Å². The molecule has 0 aliphatic carbocycles. The first-order chi connectivity index (χ1) is 8.72. The Labute approximate surface area is 113 Å². The van der Waals surface area contributed by atoms with Crippen molar-refractivity contribution in [2.24, 2.45) is 0 Å². The minimum atomic E-state index is 0.0939. The molecule has 3 heterocycles. The third-order valence-corrected chi connectivity index (χ3v) is 5.14. The molecule has 0 N–H and O–H groups in total. The molecule has 92 valence electrons. The fourth-order valence-electron chi connectivity index (χ4n) is 2.01. The standard InChI is InChI=1S/C13H12N2OS2/c1-3-17-13-11-10(12(18-13)8(2)16)14-9-6-4-5-7-15(9)11/h4-7H,3H2,1-2H3. The fourth-order valence-corrected chi connectivity index (χ4v) is 4.30. The molecule has 3 aromatic heterocycles. The van der Waals surface area contributed by atoms with Crippen molar-refractivity contribution in [3.8, 4) is 0 Å². The number of carbonyl (C=O) groups excluding carboxylic acids is 1. The molecule has 5 heteroatoms. The number of nitrogens with zero attached hydrogens (tertiary/aromatic N) is 2. The molecule has 0 aliphatic rings. The van der Waals surface area contributed by atoms with Crippen LogP contribution in [0.5, 0.6) is 0 Å². The zero-order chi connectivity index (χ0) is 12.7. The number of hydrogen-bond donors (Lipinski definition) is 0. The molecule has 0 amide bonds. The number of pyridine rings is 1. The Morgan fingerprint density at radius 3 is 3.06 bits per heavy atom. The third-order valence-electron chi connectivity index (χ3n) is 2.73. The van der Waals surface area contributed by atoms with Crippen molar-refractivity contribution in [1.29, 1.82) is 0 Å². The summed E-state index contributed by atoms with van der Waals surface area (Å²) in [6.07, 6.45) is 2.00. The molecule has 3 nitrogen and oxygen atoms in total. The van der Waals surface area contributed by atoms with Gasteiger partial charge in [-0.15, -0.1) is 23.1 Å². The summed E-state index contributed by atoms with van der Waals surface area (Å²) in [5.74, 6) is 1.09. The highest BCUT2D eigenvalue weighted by atomic mass is 32.2. The van der Waals surface area contributed by atoms with Gasteiger partial charge < -0.3 is 0 Å². The molecule has 0 bridgehead atoms. The SMILES string of the molecule is CCSc1sc(C(C)=O)c2nc3ccccn3c12. The lowest BCUT2D eigenvalue weighted by atomic mass is 10.3. The molecule has 0 unspecified atom stereocenters. The van der Waals surface area contributed by atoms with Crippen LogP contribution in [0.1, 0.15) is 23.5 Å². The summed E-state index contributed by atoms with van der Waals surface area (Å²) in [5, 5.41) is 0. The number of aromatic nitrogens is 2. The van der Waals surface area contributed by atoms with E-state index in [1.54, 1.807) is 30.0 Å². The lowest BCUT2D eigenvalue weighted by Gasteiger charge is -1.96. The van der Waals surface area contributed by atoms with Crippen molar-refractivity contribution in [3.63, 3.8) is 0 Å². The number of Topliss-reactive ketones (excluding diaryl/α,β-unsaturated/α-hetero) is 1. The van der Waals surface area contributed by atoms with Crippen LogP contribution in [-0.2, 0) is 0 Å². The Kier molecular flexibility index (Phi) is 2.87. The highest BCUT2D eigenvalue weighted by Crippen LogP contribution is 2.38. The van der Waals surface area contributed by atoms with E-state index >= 15 is 0 Å². The van der Waals surface area contributed by atoms with Crippen molar-refractivity contribution in [3.05, 3.63) is 29.3 Å². The number of rotatable bonds is 3. The van der Waals surface area contributed by atoms with E-state index in [0.29, 0.717) is 0 Å². The van der Waals surface area contributed by atoms with Crippen molar-refractivity contribution < 1.29 is 4.79 Å². The first-order valence-electron chi connectivity index (χ1n) is 5.75. The Balaban J connectivity index is 2.43. The molecule has 0 saturated heterocycles. The van der Waals surface area contributed by atoms with Crippen molar-refractivity contribution in [2.45, 2.75) is 18.1 Å². The molecule has 0 radical (unpaired) electrons. The molecule has 18 heavy (non-hydrogen) atoms. The summed E-state index contributed by atoms with van der Waals surface area (Å²) in [4.78, 5) is 17.1. The second kappa shape index (κ2) is 4.40. The van der Waals surface area contributed by atoms with Crippen LogP contribution in [0.2, 0.25) is 0 Å². The van der Waals surface area contributed by atoms with E-state index in [1.807, 2.05) is 24.4 Å². The maximum absolute atomic E-state index is 11.7. The Morgan fingerprint density at radius 2 is 2.33 bits per heavy atom. The van der Waals surface area contributed by atoms with E-state index in [-0.39, 0.29) is 5.78 Å².